The van der Waals surface area contributed by atoms with E-state index in [-0.39, 0.29) is 23.8 Å². The van der Waals surface area contributed by atoms with E-state index < -0.39 is 39.9 Å². The number of hydrogen-bond donors (Lipinski definition) is 1. The molecule has 2 amide bonds. The van der Waals surface area contributed by atoms with Crippen LogP contribution in [0.5, 0.6) is 0 Å². The Morgan fingerprint density at radius 2 is 1.36 bits per heavy atom. The lowest BCUT2D eigenvalue weighted by Crippen LogP contribution is -2.56. The van der Waals surface area contributed by atoms with Gasteiger partial charge in [0.15, 0.2) is 0 Å². The Balaban J connectivity index is 1.79. The molecule has 0 radical (unpaired) electrons. The molecule has 4 aromatic carbocycles. The molecule has 0 bridgehead atoms. The summed E-state index contributed by atoms with van der Waals surface area (Å²) in [5.74, 6) is -1.40. The molecule has 230 valence electrons. The number of benzene rings is 4. The van der Waals surface area contributed by atoms with Gasteiger partial charge in [-0.25, -0.2) is 12.8 Å². The molecule has 0 fully saturated rings. The molecule has 1 atom stereocenters. The van der Waals surface area contributed by atoms with Crippen LogP contribution >= 0.6 is 0 Å². The molecule has 4 aromatic rings. The molecule has 0 saturated carbocycles. The molecule has 0 aliphatic rings. The van der Waals surface area contributed by atoms with Gasteiger partial charge in [0.25, 0.3) is 10.0 Å². The van der Waals surface area contributed by atoms with Crippen LogP contribution in [0.25, 0.3) is 0 Å². The number of amides is 2. The summed E-state index contributed by atoms with van der Waals surface area (Å²) in [4.78, 5) is 29.7. The van der Waals surface area contributed by atoms with E-state index in [0.717, 1.165) is 15.4 Å². The fraction of sp³-hybridized carbons (Fsp3) is 0.257. The zero-order chi connectivity index (χ0) is 31.9. The molecule has 9 heteroatoms. The summed E-state index contributed by atoms with van der Waals surface area (Å²) < 4.78 is 42.9. The highest BCUT2D eigenvalue weighted by molar-refractivity contribution is 7.92. The third kappa shape index (κ3) is 8.54. The minimum Gasteiger partial charge on any atom is -0.350 e. The van der Waals surface area contributed by atoms with Crippen LogP contribution in [-0.4, -0.2) is 43.3 Å². The zero-order valence-corrected chi connectivity index (χ0v) is 26.2. The van der Waals surface area contributed by atoms with Gasteiger partial charge in [-0.05, 0) is 75.2 Å². The summed E-state index contributed by atoms with van der Waals surface area (Å²) in [6, 6.07) is 28.8. The minimum atomic E-state index is -4.18. The largest absolute Gasteiger partial charge is 0.350 e. The normalized spacial score (nSPS) is 12.3. The Morgan fingerprint density at radius 3 is 1.93 bits per heavy atom. The smallest absolute Gasteiger partial charge is 0.264 e. The van der Waals surface area contributed by atoms with E-state index in [0.29, 0.717) is 11.3 Å². The molecule has 0 aliphatic heterocycles. The fourth-order valence-corrected chi connectivity index (χ4v) is 6.17. The van der Waals surface area contributed by atoms with Crippen molar-refractivity contribution < 1.29 is 22.4 Å². The number of nitrogens with zero attached hydrogens (tertiary/aromatic N) is 2. The van der Waals surface area contributed by atoms with Crippen LogP contribution in [0.2, 0.25) is 0 Å². The van der Waals surface area contributed by atoms with Gasteiger partial charge in [-0.15, -0.1) is 0 Å². The van der Waals surface area contributed by atoms with Crippen molar-refractivity contribution in [3.63, 3.8) is 0 Å². The monoisotopic (exact) mass is 615 g/mol. The first-order valence-electron chi connectivity index (χ1n) is 14.4. The second kappa shape index (κ2) is 13.9. The lowest BCUT2D eigenvalue weighted by molar-refractivity contribution is -0.140. The summed E-state index contributed by atoms with van der Waals surface area (Å²) in [5, 5.41) is 2.99. The summed E-state index contributed by atoms with van der Waals surface area (Å²) >= 11 is 0. The van der Waals surface area contributed by atoms with Crippen molar-refractivity contribution in [1.29, 1.82) is 0 Å². The molecule has 4 rings (SSSR count). The van der Waals surface area contributed by atoms with Crippen LogP contribution in [-0.2, 0) is 32.6 Å². The Morgan fingerprint density at radius 1 is 0.795 bits per heavy atom. The van der Waals surface area contributed by atoms with E-state index in [9.17, 15) is 22.4 Å². The van der Waals surface area contributed by atoms with E-state index in [1.54, 1.807) is 54.6 Å². The number of sulfonamides is 1. The zero-order valence-electron chi connectivity index (χ0n) is 25.4. The summed E-state index contributed by atoms with van der Waals surface area (Å²) in [7, 11) is -4.18. The van der Waals surface area contributed by atoms with Crippen LogP contribution in [0.15, 0.2) is 114 Å². The van der Waals surface area contributed by atoms with Gasteiger partial charge >= 0.3 is 0 Å². The molecule has 0 spiro atoms. The van der Waals surface area contributed by atoms with Crippen LogP contribution in [0.3, 0.4) is 0 Å². The maximum absolute atomic E-state index is 14.4. The first-order valence-corrected chi connectivity index (χ1v) is 15.8. The quantitative estimate of drug-likeness (QED) is 0.228. The fourth-order valence-electron chi connectivity index (χ4n) is 4.75. The Bertz CT molecular complexity index is 1660. The van der Waals surface area contributed by atoms with Crippen molar-refractivity contribution >= 4 is 27.5 Å². The van der Waals surface area contributed by atoms with Gasteiger partial charge in [0.2, 0.25) is 11.8 Å². The van der Waals surface area contributed by atoms with Crippen molar-refractivity contribution in [2.45, 2.75) is 57.1 Å². The second-order valence-electron chi connectivity index (χ2n) is 11.8. The number of rotatable bonds is 11. The highest BCUT2D eigenvalue weighted by Gasteiger charge is 2.35. The number of carbonyl (C=O) groups excluding carboxylic acids is 2. The van der Waals surface area contributed by atoms with Crippen molar-refractivity contribution in [2.24, 2.45) is 0 Å². The minimum absolute atomic E-state index is 0.0381. The first kappa shape index (κ1) is 32.4. The number of halogens is 1. The highest BCUT2D eigenvalue weighted by Crippen LogP contribution is 2.25. The van der Waals surface area contributed by atoms with Gasteiger partial charge in [-0.2, -0.15) is 0 Å². The van der Waals surface area contributed by atoms with Crippen molar-refractivity contribution in [3.05, 3.63) is 132 Å². The summed E-state index contributed by atoms with van der Waals surface area (Å²) in [5.41, 5.74) is 2.02. The number of nitrogens with one attached hydrogen (secondary N) is 1. The molecule has 1 unspecified atom stereocenters. The molecule has 0 aromatic heterocycles. The van der Waals surface area contributed by atoms with E-state index >= 15 is 0 Å². The second-order valence-corrected chi connectivity index (χ2v) is 13.6. The highest BCUT2D eigenvalue weighted by atomic mass is 32.2. The van der Waals surface area contributed by atoms with E-state index in [4.69, 9.17) is 0 Å². The first-order chi connectivity index (χ1) is 20.8. The van der Waals surface area contributed by atoms with Gasteiger partial charge in [-0.3, -0.25) is 13.9 Å². The van der Waals surface area contributed by atoms with Crippen molar-refractivity contribution in [3.8, 4) is 0 Å². The SMILES string of the molecule is Cc1ccc(S(=O)(=O)N(CC(=O)N(Cc2ccc(F)cc2)C(Cc2ccccc2)C(=O)NC(C)(C)C)c2ccccc2)cc1. The molecule has 1 N–H and O–H groups in total. The van der Waals surface area contributed by atoms with Gasteiger partial charge in [-0.1, -0.05) is 78.4 Å². The average Bonchev–Trinajstić information content (AvgIpc) is 2.98. The van der Waals surface area contributed by atoms with E-state index in [2.05, 4.69) is 5.32 Å². The van der Waals surface area contributed by atoms with E-state index in [1.807, 2.05) is 58.0 Å². The van der Waals surface area contributed by atoms with Gasteiger partial charge in [0.1, 0.15) is 18.4 Å². The topological polar surface area (TPSA) is 86.8 Å². The van der Waals surface area contributed by atoms with Gasteiger partial charge < -0.3 is 10.2 Å². The maximum atomic E-state index is 14.4. The number of hydrogen-bond acceptors (Lipinski definition) is 4. The summed E-state index contributed by atoms with van der Waals surface area (Å²) in [6.45, 7) is 6.81. The van der Waals surface area contributed by atoms with Crippen LogP contribution in [0.4, 0.5) is 10.1 Å². The Kier molecular flexibility index (Phi) is 10.2. The Hall–Kier alpha value is -4.50. The third-order valence-corrected chi connectivity index (χ3v) is 8.76. The molecule has 44 heavy (non-hydrogen) atoms. The number of para-hydroxylation sites is 1. The molecular weight excluding hydrogens is 577 g/mol. The number of carbonyl (C=O) groups is 2. The number of aryl methyl sites for hydroxylation is 1. The predicted octanol–water partition coefficient (Wildman–Crippen LogP) is 5.88. The number of anilines is 1. The van der Waals surface area contributed by atoms with Crippen LogP contribution < -0.4 is 9.62 Å². The standard InChI is InChI=1S/C35H38FN3O4S/c1-26-15-21-31(22-16-26)44(42,43)39(30-13-9-6-10-14-30)25-33(40)38(24-28-17-19-29(36)20-18-28)32(34(41)37-35(2,3)4)23-27-11-7-5-8-12-27/h5-22,32H,23-25H2,1-4H3,(H,37,41). The third-order valence-electron chi connectivity index (χ3n) is 6.97. The van der Waals surface area contributed by atoms with Gasteiger partial charge in [0, 0.05) is 18.5 Å². The summed E-state index contributed by atoms with van der Waals surface area (Å²) in [6.07, 6.45) is 0.186. The van der Waals surface area contributed by atoms with Crippen LogP contribution in [0.1, 0.15) is 37.5 Å². The Labute approximate surface area is 259 Å². The van der Waals surface area contributed by atoms with Gasteiger partial charge in [0.05, 0.1) is 10.6 Å². The van der Waals surface area contributed by atoms with Crippen LogP contribution in [0, 0.1) is 12.7 Å². The van der Waals surface area contributed by atoms with Crippen molar-refractivity contribution in [2.75, 3.05) is 10.8 Å². The molecular formula is C35H38FN3O4S. The predicted molar refractivity (Wildman–Crippen MR) is 171 cm³/mol. The van der Waals surface area contributed by atoms with E-state index in [1.165, 1.54) is 29.2 Å². The molecule has 0 aliphatic carbocycles. The lowest BCUT2D eigenvalue weighted by Gasteiger charge is -2.35. The lowest BCUT2D eigenvalue weighted by atomic mass is 10.0. The molecule has 0 saturated heterocycles. The van der Waals surface area contributed by atoms with Crippen molar-refractivity contribution in [1.82, 2.24) is 10.2 Å². The average molecular weight is 616 g/mol. The maximum Gasteiger partial charge on any atom is 0.264 e. The molecule has 0 heterocycles. The molecule has 7 nitrogen and oxygen atoms in total.